The first-order valence-corrected chi connectivity index (χ1v) is 6.46. The van der Waals surface area contributed by atoms with Crippen LogP contribution in [0.5, 0.6) is 0 Å². The Morgan fingerprint density at radius 1 is 1.06 bits per heavy atom. The van der Waals surface area contributed by atoms with Crippen LogP contribution >= 0.6 is 0 Å². The SMILES string of the molecule is CCCC(=O)OC(C(=O)CCC)c1ccccc1. The maximum atomic E-state index is 12.0. The van der Waals surface area contributed by atoms with Crippen molar-refractivity contribution in [2.24, 2.45) is 0 Å². The summed E-state index contributed by atoms with van der Waals surface area (Å²) in [5, 5.41) is 0. The molecule has 0 spiro atoms. The molecule has 0 aliphatic heterocycles. The molecule has 1 atom stereocenters. The van der Waals surface area contributed by atoms with E-state index in [4.69, 9.17) is 4.74 Å². The van der Waals surface area contributed by atoms with Crippen LogP contribution in [-0.4, -0.2) is 11.8 Å². The van der Waals surface area contributed by atoms with Crippen molar-refractivity contribution in [3.8, 4) is 0 Å². The third-order valence-corrected chi connectivity index (χ3v) is 2.59. The lowest BCUT2D eigenvalue weighted by atomic mass is 10.0. The monoisotopic (exact) mass is 248 g/mol. The van der Waals surface area contributed by atoms with Crippen molar-refractivity contribution in [3.05, 3.63) is 35.9 Å². The van der Waals surface area contributed by atoms with E-state index in [-0.39, 0.29) is 11.8 Å². The van der Waals surface area contributed by atoms with Gasteiger partial charge in [-0.1, -0.05) is 44.2 Å². The Bertz CT molecular complexity index is 384. The summed E-state index contributed by atoms with van der Waals surface area (Å²) in [6.45, 7) is 3.85. The molecule has 0 aromatic heterocycles. The van der Waals surface area contributed by atoms with Gasteiger partial charge in [0.05, 0.1) is 0 Å². The number of ketones is 1. The molecule has 3 nitrogen and oxygen atoms in total. The van der Waals surface area contributed by atoms with Crippen LogP contribution in [0.2, 0.25) is 0 Å². The number of benzene rings is 1. The highest BCUT2D eigenvalue weighted by atomic mass is 16.5. The molecule has 0 aliphatic rings. The van der Waals surface area contributed by atoms with Crippen LogP contribution in [0.1, 0.15) is 51.2 Å². The van der Waals surface area contributed by atoms with E-state index in [1.54, 1.807) is 0 Å². The lowest BCUT2D eigenvalue weighted by molar-refractivity contribution is -0.155. The van der Waals surface area contributed by atoms with Gasteiger partial charge in [0.1, 0.15) is 0 Å². The third-order valence-electron chi connectivity index (χ3n) is 2.59. The first-order valence-electron chi connectivity index (χ1n) is 6.46. The summed E-state index contributed by atoms with van der Waals surface area (Å²) < 4.78 is 5.30. The van der Waals surface area contributed by atoms with Gasteiger partial charge in [0, 0.05) is 12.8 Å². The van der Waals surface area contributed by atoms with E-state index in [1.807, 2.05) is 44.2 Å². The van der Waals surface area contributed by atoms with Crippen molar-refractivity contribution in [2.45, 2.75) is 45.6 Å². The largest absolute Gasteiger partial charge is 0.449 e. The van der Waals surface area contributed by atoms with E-state index in [0.29, 0.717) is 12.8 Å². The molecule has 0 saturated heterocycles. The number of carbonyl (C=O) groups excluding carboxylic acids is 2. The van der Waals surface area contributed by atoms with Crippen LogP contribution in [0.4, 0.5) is 0 Å². The van der Waals surface area contributed by atoms with E-state index >= 15 is 0 Å². The summed E-state index contributed by atoms with van der Waals surface area (Å²) >= 11 is 0. The summed E-state index contributed by atoms with van der Waals surface area (Å²) in [7, 11) is 0. The first-order chi connectivity index (χ1) is 8.69. The summed E-state index contributed by atoms with van der Waals surface area (Å²) in [6.07, 6.45) is 1.52. The molecule has 1 rings (SSSR count). The van der Waals surface area contributed by atoms with Crippen LogP contribution in [-0.2, 0) is 14.3 Å². The van der Waals surface area contributed by atoms with Gasteiger partial charge < -0.3 is 4.74 Å². The molecule has 0 aliphatic carbocycles. The Labute approximate surface area is 108 Å². The van der Waals surface area contributed by atoms with E-state index in [1.165, 1.54) is 0 Å². The minimum atomic E-state index is -0.745. The molecule has 0 fully saturated rings. The lowest BCUT2D eigenvalue weighted by Gasteiger charge is -2.16. The molecule has 0 saturated carbocycles. The smallest absolute Gasteiger partial charge is 0.306 e. The predicted octanol–water partition coefficient (Wildman–Crippen LogP) is 3.44. The van der Waals surface area contributed by atoms with Crippen molar-refractivity contribution in [3.63, 3.8) is 0 Å². The normalized spacial score (nSPS) is 11.9. The van der Waals surface area contributed by atoms with Gasteiger partial charge in [-0.3, -0.25) is 9.59 Å². The molecule has 0 amide bonds. The number of hydrogen-bond acceptors (Lipinski definition) is 3. The third kappa shape index (κ3) is 4.32. The lowest BCUT2D eigenvalue weighted by Crippen LogP contribution is -2.19. The Balaban J connectivity index is 2.82. The predicted molar refractivity (Wildman–Crippen MR) is 70.1 cm³/mol. The van der Waals surface area contributed by atoms with Crippen LogP contribution in [0.3, 0.4) is 0 Å². The second kappa shape index (κ2) is 7.64. The van der Waals surface area contributed by atoms with Gasteiger partial charge in [-0.25, -0.2) is 0 Å². The molecule has 1 aromatic carbocycles. The van der Waals surface area contributed by atoms with Crippen molar-refractivity contribution in [1.29, 1.82) is 0 Å². The fourth-order valence-corrected chi connectivity index (χ4v) is 1.72. The highest BCUT2D eigenvalue weighted by Gasteiger charge is 2.23. The fraction of sp³-hybridized carbons (Fsp3) is 0.467. The fourth-order valence-electron chi connectivity index (χ4n) is 1.72. The quantitative estimate of drug-likeness (QED) is 0.694. The average Bonchev–Trinajstić information content (AvgIpc) is 2.37. The summed E-state index contributed by atoms with van der Waals surface area (Å²) in [6, 6.07) is 9.19. The second-order valence-electron chi connectivity index (χ2n) is 4.25. The van der Waals surface area contributed by atoms with Crippen molar-refractivity contribution in [2.75, 3.05) is 0 Å². The molecule has 0 bridgehead atoms. The molecular weight excluding hydrogens is 228 g/mol. The minimum absolute atomic E-state index is 0.0341. The van der Waals surface area contributed by atoms with E-state index in [2.05, 4.69) is 0 Å². The maximum Gasteiger partial charge on any atom is 0.306 e. The number of rotatable bonds is 7. The Morgan fingerprint density at radius 2 is 1.67 bits per heavy atom. The molecule has 0 radical (unpaired) electrons. The van der Waals surface area contributed by atoms with Gasteiger partial charge in [0.15, 0.2) is 11.9 Å². The highest BCUT2D eigenvalue weighted by molar-refractivity contribution is 5.86. The minimum Gasteiger partial charge on any atom is -0.449 e. The van der Waals surface area contributed by atoms with Gasteiger partial charge >= 0.3 is 5.97 Å². The molecule has 18 heavy (non-hydrogen) atoms. The van der Waals surface area contributed by atoms with Crippen molar-refractivity contribution >= 4 is 11.8 Å². The van der Waals surface area contributed by atoms with Gasteiger partial charge in [-0.2, -0.15) is 0 Å². The van der Waals surface area contributed by atoms with Crippen LogP contribution in [0.15, 0.2) is 30.3 Å². The average molecular weight is 248 g/mol. The number of esters is 1. The molecule has 1 aromatic rings. The zero-order chi connectivity index (χ0) is 13.4. The summed E-state index contributed by atoms with van der Waals surface area (Å²) in [4.78, 5) is 23.6. The zero-order valence-electron chi connectivity index (χ0n) is 11.0. The Hall–Kier alpha value is -1.64. The molecule has 0 heterocycles. The van der Waals surface area contributed by atoms with Gasteiger partial charge in [0.2, 0.25) is 0 Å². The van der Waals surface area contributed by atoms with Crippen molar-refractivity contribution < 1.29 is 14.3 Å². The molecule has 98 valence electrons. The zero-order valence-corrected chi connectivity index (χ0v) is 11.0. The van der Waals surface area contributed by atoms with Crippen LogP contribution in [0.25, 0.3) is 0 Å². The number of hydrogen-bond donors (Lipinski definition) is 0. The Kier molecular flexibility index (Phi) is 6.12. The van der Waals surface area contributed by atoms with E-state index in [9.17, 15) is 9.59 Å². The summed E-state index contributed by atoms with van der Waals surface area (Å²) in [5.74, 6) is -0.344. The van der Waals surface area contributed by atoms with Crippen molar-refractivity contribution in [1.82, 2.24) is 0 Å². The van der Waals surface area contributed by atoms with Crippen LogP contribution < -0.4 is 0 Å². The van der Waals surface area contributed by atoms with Gasteiger partial charge in [-0.15, -0.1) is 0 Å². The number of carbonyl (C=O) groups is 2. The van der Waals surface area contributed by atoms with Gasteiger partial charge in [0.25, 0.3) is 0 Å². The Morgan fingerprint density at radius 3 is 2.22 bits per heavy atom. The van der Waals surface area contributed by atoms with E-state index < -0.39 is 6.10 Å². The summed E-state index contributed by atoms with van der Waals surface area (Å²) in [5.41, 5.74) is 0.750. The van der Waals surface area contributed by atoms with E-state index in [0.717, 1.165) is 18.4 Å². The maximum absolute atomic E-state index is 12.0. The highest BCUT2D eigenvalue weighted by Crippen LogP contribution is 2.21. The standard InChI is InChI=1S/C15H20O3/c1-3-8-13(16)15(18-14(17)9-4-2)12-10-6-5-7-11-12/h5-7,10-11,15H,3-4,8-9H2,1-2H3. The first kappa shape index (κ1) is 14.4. The topological polar surface area (TPSA) is 43.4 Å². The molecular formula is C15H20O3. The molecule has 1 unspecified atom stereocenters. The van der Waals surface area contributed by atoms with Crippen LogP contribution in [0, 0.1) is 0 Å². The van der Waals surface area contributed by atoms with Gasteiger partial charge in [-0.05, 0) is 18.4 Å². The number of ether oxygens (including phenoxy) is 1. The number of Topliss-reactive ketones (excluding diaryl/α,β-unsaturated/α-hetero) is 1. The molecule has 0 N–H and O–H groups in total. The second-order valence-corrected chi connectivity index (χ2v) is 4.25. The molecule has 3 heteroatoms.